The second kappa shape index (κ2) is 3.04. The molecule has 0 atom stereocenters. The lowest BCUT2D eigenvalue weighted by Crippen LogP contribution is -2.00. The zero-order chi connectivity index (χ0) is 10.2. The minimum absolute atomic E-state index is 0.355. The van der Waals surface area contributed by atoms with Gasteiger partial charge < -0.3 is 0 Å². The van der Waals surface area contributed by atoms with Gasteiger partial charge >= 0.3 is 5.69 Å². The number of hydrogen-bond donors (Lipinski definition) is 0. The molecule has 1 rings (SSSR count). The molecule has 0 saturated carbocycles. The van der Waals surface area contributed by atoms with Crippen LogP contribution in [0.3, 0.4) is 0 Å². The number of nitro benzene ring substituents is 1. The number of hydrogen-bond acceptors (Lipinski definition) is 2. The van der Waals surface area contributed by atoms with Crippen molar-refractivity contribution in [3.05, 3.63) is 39.2 Å². The Bertz CT molecular complexity index is 378. The summed E-state index contributed by atoms with van der Waals surface area (Å²) in [5.74, 6) is -4.29. The van der Waals surface area contributed by atoms with Crippen molar-refractivity contribution < 1.29 is 18.1 Å². The second-order valence-corrected chi connectivity index (χ2v) is 2.39. The molecule has 6 heteroatoms. The molecule has 0 aromatic heterocycles. The smallest absolute Gasteiger partial charge is 0.258 e. The fraction of sp³-hybridized carbons (Fsp3) is 0.143. The number of nitrogens with zero attached hydrogens (tertiary/aromatic N) is 1. The second-order valence-electron chi connectivity index (χ2n) is 2.39. The van der Waals surface area contributed by atoms with E-state index in [0.717, 1.165) is 6.92 Å². The first-order valence-electron chi connectivity index (χ1n) is 3.23. The van der Waals surface area contributed by atoms with Gasteiger partial charge in [-0.1, -0.05) is 0 Å². The van der Waals surface area contributed by atoms with Crippen molar-refractivity contribution in [2.75, 3.05) is 0 Å². The Labute approximate surface area is 70.9 Å². The number of nitro groups is 1. The molecule has 0 fully saturated rings. The van der Waals surface area contributed by atoms with Gasteiger partial charge in [-0.15, -0.1) is 0 Å². The van der Waals surface area contributed by atoms with Gasteiger partial charge in [0.05, 0.1) is 11.0 Å². The van der Waals surface area contributed by atoms with E-state index in [9.17, 15) is 23.3 Å². The van der Waals surface area contributed by atoms with Crippen molar-refractivity contribution in [2.45, 2.75) is 6.92 Å². The normalized spacial score (nSPS) is 10.2. The molecule has 0 heterocycles. The zero-order valence-electron chi connectivity index (χ0n) is 6.47. The van der Waals surface area contributed by atoms with Crippen LogP contribution in [-0.2, 0) is 0 Å². The van der Waals surface area contributed by atoms with Gasteiger partial charge in [0.15, 0.2) is 5.82 Å². The lowest BCUT2D eigenvalue weighted by Gasteiger charge is -2.00. The van der Waals surface area contributed by atoms with E-state index in [0.29, 0.717) is 6.07 Å². The van der Waals surface area contributed by atoms with Gasteiger partial charge in [0.1, 0.15) is 5.82 Å². The van der Waals surface area contributed by atoms with Gasteiger partial charge in [-0.2, -0.15) is 4.39 Å². The topological polar surface area (TPSA) is 43.1 Å². The van der Waals surface area contributed by atoms with Crippen molar-refractivity contribution in [2.24, 2.45) is 0 Å². The SMILES string of the molecule is Cc1c(F)cc([N+](=O)[O-])c(F)c1F. The lowest BCUT2D eigenvalue weighted by atomic mass is 10.2. The highest BCUT2D eigenvalue weighted by Gasteiger charge is 2.23. The Morgan fingerprint density at radius 3 is 2.31 bits per heavy atom. The van der Waals surface area contributed by atoms with Crippen molar-refractivity contribution in [3.63, 3.8) is 0 Å². The maximum Gasteiger partial charge on any atom is 0.310 e. The van der Waals surface area contributed by atoms with E-state index in [-0.39, 0.29) is 0 Å². The molecule has 0 bridgehead atoms. The number of benzene rings is 1. The molecule has 1 aromatic rings. The molecule has 3 nitrogen and oxygen atoms in total. The van der Waals surface area contributed by atoms with E-state index < -0.39 is 33.6 Å². The molecular weight excluding hydrogens is 187 g/mol. The average molecular weight is 191 g/mol. The van der Waals surface area contributed by atoms with Crippen molar-refractivity contribution in [1.29, 1.82) is 0 Å². The van der Waals surface area contributed by atoms with E-state index in [1.165, 1.54) is 0 Å². The Morgan fingerprint density at radius 2 is 1.85 bits per heavy atom. The maximum atomic E-state index is 12.7. The molecule has 0 aliphatic carbocycles. The predicted octanol–water partition coefficient (Wildman–Crippen LogP) is 2.32. The molecule has 0 unspecified atom stereocenters. The van der Waals surface area contributed by atoms with Crippen LogP contribution in [0.2, 0.25) is 0 Å². The molecule has 0 spiro atoms. The maximum absolute atomic E-state index is 12.7. The first-order valence-corrected chi connectivity index (χ1v) is 3.23. The summed E-state index contributed by atoms with van der Waals surface area (Å²) in [6, 6.07) is 0.355. The molecule has 0 aliphatic rings. The average Bonchev–Trinajstić information content (AvgIpc) is 2.07. The van der Waals surface area contributed by atoms with E-state index in [4.69, 9.17) is 0 Å². The highest BCUT2D eigenvalue weighted by atomic mass is 19.2. The van der Waals surface area contributed by atoms with Gasteiger partial charge in [0.2, 0.25) is 5.82 Å². The van der Waals surface area contributed by atoms with Crippen LogP contribution in [0, 0.1) is 34.5 Å². The summed E-state index contributed by atoms with van der Waals surface area (Å²) in [6.45, 7) is 0.997. The fourth-order valence-electron chi connectivity index (χ4n) is 0.806. The molecule has 1 aromatic carbocycles. The Balaban J connectivity index is 3.50. The van der Waals surface area contributed by atoms with E-state index >= 15 is 0 Å². The van der Waals surface area contributed by atoms with Crippen LogP contribution in [0.25, 0.3) is 0 Å². The third-order valence-electron chi connectivity index (χ3n) is 1.57. The molecule has 0 saturated heterocycles. The highest BCUT2D eigenvalue weighted by molar-refractivity contribution is 5.36. The Hall–Kier alpha value is -1.59. The summed E-state index contributed by atoms with van der Waals surface area (Å²) in [4.78, 5) is 8.89. The quantitative estimate of drug-likeness (QED) is 0.388. The minimum Gasteiger partial charge on any atom is -0.258 e. The standard InChI is InChI=1S/C7H4F3NO2/c1-3-4(8)2-5(11(12)13)7(10)6(3)9/h2H,1H3. The summed E-state index contributed by atoms with van der Waals surface area (Å²) in [5, 5.41) is 10.1. The van der Waals surface area contributed by atoms with Gasteiger partial charge in [-0.05, 0) is 6.92 Å². The van der Waals surface area contributed by atoms with Gasteiger partial charge in [-0.25, -0.2) is 8.78 Å². The summed E-state index contributed by atoms with van der Waals surface area (Å²) >= 11 is 0. The van der Waals surface area contributed by atoms with Crippen molar-refractivity contribution >= 4 is 5.69 Å². The molecule has 13 heavy (non-hydrogen) atoms. The molecule has 0 radical (unpaired) electrons. The zero-order valence-corrected chi connectivity index (χ0v) is 6.47. The van der Waals surface area contributed by atoms with Crippen molar-refractivity contribution in [1.82, 2.24) is 0 Å². The molecule has 70 valence electrons. The molecule has 0 N–H and O–H groups in total. The van der Waals surface area contributed by atoms with E-state index in [1.54, 1.807) is 0 Å². The van der Waals surface area contributed by atoms with Crippen LogP contribution in [0.15, 0.2) is 6.07 Å². The fourth-order valence-corrected chi connectivity index (χ4v) is 0.806. The predicted molar refractivity (Wildman–Crippen MR) is 37.7 cm³/mol. The Morgan fingerprint density at radius 1 is 1.31 bits per heavy atom. The Kier molecular flexibility index (Phi) is 2.22. The van der Waals surface area contributed by atoms with Crippen molar-refractivity contribution in [3.8, 4) is 0 Å². The molecule has 0 amide bonds. The first-order chi connectivity index (χ1) is 5.95. The first kappa shape index (κ1) is 9.50. The third kappa shape index (κ3) is 1.47. The third-order valence-corrected chi connectivity index (χ3v) is 1.57. The van der Waals surface area contributed by atoms with E-state index in [1.807, 2.05) is 0 Å². The minimum atomic E-state index is -1.64. The van der Waals surface area contributed by atoms with Crippen LogP contribution in [-0.4, -0.2) is 4.92 Å². The van der Waals surface area contributed by atoms with Crippen LogP contribution >= 0.6 is 0 Å². The summed E-state index contributed by atoms with van der Waals surface area (Å²) < 4.78 is 38.1. The summed E-state index contributed by atoms with van der Waals surface area (Å²) in [6.07, 6.45) is 0. The summed E-state index contributed by atoms with van der Waals surface area (Å²) in [5.41, 5.74) is -1.76. The van der Waals surface area contributed by atoms with Crippen LogP contribution < -0.4 is 0 Å². The van der Waals surface area contributed by atoms with Crippen LogP contribution in [0.1, 0.15) is 5.56 Å². The molecular formula is C7H4F3NO2. The van der Waals surface area contributed by atoms with Gasteiger partial charge in [0.25, 0.3) is 0 Å². The highest BCUT2D eigenvalue weighted by Crippen LogP contribution is 2.24. The number of rotatable bonds is 1. The summed E-state index contributed by atoms with van der Waals surface area (Å²) in [7, 11) is 0. The van der Waals surface area contributed by atoms with Crippen LogP contribution in [0.5, 0.6) is 0 Å². The monoisotopic (exact) mass is 191 g/mol. The van der Waals surface area contributed by atoms with Gasteiger partial charge in [-0.3, -0.25) is 10.1 Å². The lowest BCUT2D eigenvalue weighted by molar-refractivity contribution is -0.388. The van der Waals surface area contributed by atoms with Crippen LogP contribution in [0.4, 0.5) is 18.9 Å². The van der Waals surface area contributed by atoms with Gasteiger partial charge in [0, 0.05) is 5.56 Å². The molecule has 0 aliphatic heterocycles. The largest absolute Gasteiger partial charge is 0.310 e. The number of halogens is 3. The van der Waals surface area contributed by atoms with E-state index in [2.05, 4.69) is 0 Å².